The molecule has 3 rings (SSSR count). The molecule has 0 amide bonds. The number of hydrogen-bond acceptors (Lipinski definition) is 3. The van der Waals surface area contributed by atoms with Crippen molar-refractivity contribution in [2.45, 2.75) is 6.92 Å². The van der Waals surface area contributed by atoms with Crippen LogP contribution in [0.1, 0.15) is 5.56 Å². The van der Waals surface area contributed by atoms with Gasteiger partial charge in [-0.05, 0) is 42.8 Å². The summed E-state index contributed by atoms with van der Waals surface area (Å²) < 4.78 is 14.7. The fourth-order valence-electron chi connectivity index (χ4n) is 1.86. The summed E-state index contributed by atoms with van der Waals surface area (Å²) in [5.41, 5.74) is 8.94. The molecule has 0 saturated carbocycles. The lowest BCUT2D eigenvalue weighted by molar-refractivity contribution is 0.628. The van der Waals surface area contributed by atoms with Gasteiger partial charge in [0.2, 0.25) is 0 Å². The Morgan fingerprint density at radius 2 is 1.83 bits per heavy atom. The third-order valence-corrected chi connectivity index (χ3v) is 2.94. The summed E-state index contributed by atoms with van der Waals surface area (Å²) in [7, 11) is 0. The third-order valence-electron chi connectivity index (χ3n) is 2.94. The molecule has 1 aromatic carbocycles. The van der Waals surface area contributed by atoms with E-state index in [1.165, 1.54) is 12.1 Å². The molecule has 0 bridgehead atoms. The van der Waals surface area contributed by atoms with E-state index in [0.717, 1.165) is 11.1 Å². The van der Waals surface area contributed by atoms with E-state index in [2.05, 4.69) is 10.2 Å². The molecule has 0 unspecified atom stereocenters. The molecule has 0 aliphatic heterocycles. The largest absolute Gasteiger partial charge is 0.395 e. The van der Waals surface area contributed by atoms with Gasteiger partial charge in [-0.3, -0.25) is 4.40 Å². The van der Waals surface area contributed by atoms with Gasteiger partial charge in [0, 0.05) is 11.8 Å². The summed E-state index contributed by atoms with van der Waals surface area (Å²) in [6.07, 6.45) is 1.86. The van der Waals surface area contributed by atoms with E-state index in [9.17, 15) is 4.39 Å². The number of aryl methyl sites for hydroxylation is 1. The highest BCUT2D eigenvalue weighted by Gasteiger charge is 2.11. The molecule has 4 nitrogen and oxygen atoms in total. The van der Waals surface area contributed by atoms with Gasteiger partial charge in [-0.1, -0.05) is 0 Å². The van der Waals surface area contributed by atoms with Gasteiger partial charge in [-0.2, -0.15) is 0 Å². The molecule has 90 valence electrons. The molecule has 2 aromatic heterocycles. The number of aromatic nitrogens is 3. The number of pyridine rings is 1. The number of nitrogen functional groups attached to an aromatic ring is 1. The van der Waals surface area contributed by atoms with Crippen molar-refractivity contribution >= 4 is 11.3 Å². The van der Waals surface area contributed by atoms with Crippen molar-refractivity contribution in [2.75, 3.05) is 5.73 Å². The minimum absolute atomic E-state index is 0.275. The van der Waals surface area contributed by atoms with Crippen LogP contribution >= 0.6 is 0 Å². The van der Waals surface area contributed by atoms with Crippen LogP contribution in [0.5, 0.6) is 0 Å². The number of hydrogen-bond donors (Lipinski definition) is 1. The summed E-state index contributed by atoms with van der Waals surface area (Å²) >= 11 is 0. The normalized spacial score (nSPS) is 11.0. The van der Waals surface area contributed by atoms with Crippen LogP contribution in [-0.4, -0.2) is 14.6 Å². The quantitative estimate of drug-likeness (QED) is 0.713. The Bertz CT molecular complexity index is 716. The van der Waals surface area contributed by atoms with Crippen LogP contribution in [0.25, 0.3) is 17.0 Å². The number of anilines is 1. The van der Waals surface area contributed by atoms with Crippen LogP contribution in [0.15, 0.2) is 36.5 Å². The number of nitrogens with zero attached hydrogens (tertiary/aromatic N) is 3. The van der Waals surface area contributed by atoms with Gasteiger partial charge in [0.15, 0.2) is 11.5 Å². The zero-order valence-corrected chi connectivity index (χ0v) is 9.76. The Hall–Kier alpha value is -2.43. The topological polar surface area (TPSA) is 56.2 Å². The summed E-state index contributed by atoms with van der Waals surface area (Å²) in [5.74, 6) is 0.375. The average molecular weight is 242 g/mol. The molecule has 0 saturated heterocycles. The summed E-state index contributed by atoms with van der Waals surface area (Å²) in [5, 5.41) is 8.18. The minimum Gasteiger partial charge on any atom is -0.395 e. The Morgan fingerprint density at radius 3 is 2.56 bits per heavy atom. The van der Waals surface area contributed by atoms with Crippen LogP contribution in [-0.2, 0) is 0 Å². The third kappa shape index (κ3) is 1.52. The first kappa shape index (κ1) is 10.7. The molecule has 18 heavy (non-hydrogen) atoms. The van der Waals surface area contributed by atoms with Crippen LogP contribution in [0.2, 0.25) is 0 Å². The van der Waals surface area contributed by atoms with E-state index in [-0.39, 0.29) is 5.82 Å². The molecule has 0 aliphatic carbocycles. The lowest BCUT2D eigenvalue weighted by Crippen LogP contribution is -1.96. The number of halogens is 1. The van der Waals surface area contributed by atoms with Gasteiger partial charge in [-0.15, -0.1) is 10.2 Å². The predicted molar refractivity (Wildman–Crippen MR) is 67.5 cm³/mol. The Kier molecular flexibility index (Phi) is 2.26. The molecular weight excluding hydrogens is 231 g/mol. The second kappa shape index (κ2) is 3.80. The smallest absolute Gasteiger partial charge is 0.184 e. The number of benzene rings is 1. The predicted octanol–water partition coefficient (Wildman–Crippen LogP) is 2.43. The van der Waals surface area contributed by atoms with Gasteiger partial charge in [0.1, 0.15) is 5.82 Å². The highest BCUT2D eigenvalue weighted by molar-refractivity contribution is 5.71. The minimum atomic E-state index is -0.275. The number of fused-ring (bicyclic) bond motifs is 1. The second-order valence-electron chi connectivity index (χ2n) is 4.14. The van der Waals surface area contributed by atoms with E-state index in [4.69, 9.17) is 5.73 Å². The van der Waals surface area contributed by atoms with Crippen molar-refractivity contribution < 1.29 is 4.39 Å². The first-order chi connectivity index (χ1) is 8.66. The maximum Gasteiger partial charge on any atom is 0.184 e. The van der Waals surface area contributed by atoms with Crippen LogP contribution in [0, 0.1) is 12.7 Å². The average Bonchev–Trinajstić information content (AvgIpc) is 2.79. The Labute approximate surface area is 103 Å². The summed E-state index contributed by atoms with van der Waals surface area (Å²) in [4.78, 5) is 0. The molecular formula is C13H11FN4. The first-order valence-corrected chi connectivity index (χ1v) is 5.52. The molecule has 0 radical (unpaired) electrons. The lowest BCUT2D eigenvalue weighted by Gasteiger charge is -2.03. The van der Waals surface area contributed by atoms with Crippen LogP contribution < -0.4 is 5.73 Å². The molecule has 0 aliphatic rings. The van der Waals surface area contributed by atoms with Crippen molar-refractivity contribution in [2.24, 2.45) is 0 Å². The second-order valence-corrected chi connectivity index (χ2v) is 4.14. The molecule has 5 heteroatoms. The SMILES string of the molecule is Cc1ccn2c(-c3ccc(F)cc3)nnc2c1N. The number of rotatable bonds is 1. The van der Waals surface area contributed by atoms with E-state index in [0.29, 0.717) is 17.2 Å². The van der Waals surface area contributed by atoms with Gasteiger partial charge in [0.05, 0.1) is 5.69 Å². The highest BCUT2D eigenvalue weighted by atomic mass is 19.1. The van der Waals surface area contributed by atoms with Gasteiger partial charge in [0.25, 0.3) is 0 Å². The van der Waals surface area contributed by atoms with Crippen molar-refractivity contribution in [1.29, 1.82) is 0 Å². The molecule has 0 spiro atoms. The Balaban J connectivity index is 2.25. The summed E-state index contributed by atoms with van der Waals surface area (Å²) in [6, 6.07) is 8.03. The van der Waals surface area contributed by atoms with E-state index >= 15 is 0 Å². The monoisotopic (exact) mass is 242 g/mol. The zero-order valence-electron chi connectivity index (χ0n) is 9.76. The zero-order chi connectivity index (χ0) is 12.7. The Morgan fingerprint density at radius 1 is 1.11 bits per heavy atom. The number of nitrogens with two attached hydrogens (primary N) is 1. The van der Waals surface area contributed by atoms with Crippen molar-refractivity contribution in [1.82, 2.24) is 14.6 Å². The van der Waals surface area contributed by atoms with E-state index in [1.807, 2.05) is 19.2 Å². The fraction of sp³-hybridized carbons (Fsp3) is 0.0769. The standard InChI is InChI=1S/C13H11FN4/c1-8-6-7-18-12(16-17-13(18)11(8)15)9-2-4-10(14)5-3-9/h2-7H,15H2,1H3. The van der Waals surface area contributed by atoms with Crippen molar-refractivity contribution in [3.63, 3.8) is 0 Å². The van der Waals surface area contributed by atoms with Crippen molar-refractivity contribution in [3.05, 3.63) is 47.9 Å². The maximum absolute atomic E-state index is 12.9. The van der Waals surface area contributed by atoms with Crippen LogP contribution in [0.3, 0.4) is 0 Å². The van der Waals surface area contributed by atoms with Crippen molar-refractivity contribution in [3.8, 4) is 11.4 Å². The summed E-state index contributed by atoms with van der Waals surface area (Å²) in [6.45, 7) is 1.92. The van der Waals surface area contributed by atoms with E-state index in [1.54, 1.807) is 16.5 Å². The molecule has 0 atom stereocenters. The van der Waals surface area contributed by atoms with Gasteiger partial charge in [-0.25, -0.2) is 4.39 Å². The molecule has 0 fully saturated rings. The molecule has 2 heterocycles. The van der Waals surface area contributed by atoms with Gasteiger partial charge < -0.3 is 5.73 Å². The molecule has 2 N–H and O–H groups in total. The molecule has 3 aromatic rings. The van der Waals surface area contributed by atoms with E-state index < -0.39 is 0 Å². The fourth-order valence-corrected chi connectivity index (χ4v) is 1.86. The highest BCUT2D eigenvalue weighted by Crippen LogP contribution is 2.23. The van der Waals surface area contributed by atoms with Crippen LogP contribution in [0.4, 0.5) is 10.1 Å². The van der Waals surface area contributed by atoms with Gasteiger partial charge >= 0.3 is 0 Å². The lowest BCUT2D eigenvalue weighted by atomic mass is 10.2. The first-order valence-electron chi connectivity index (χ1n) is 5.52. The maximum atomic E-state index is 12.9.